The van der Waals surface area contributed by atoms with Crippen molar-refractivity contribution < 1.29 is 0 Å². The van der Waals surface area contributed by atoms with E-state index in [2.05, 4.69) is 43.4 Å². The SMILES string of the molecule is CCCC1(CNC(C)c2nc3ccccc3s2)CC1. The molecular formula is C16H22N2S. The molecule has 1 fully saturated rings. The van der Waals surface area contributed by atoms with Crippen LogP contribution in [0, 0.1) is 5.41 Å². The highest BCUT2D eigenvalue weighted by Crippen LogP contribution is 2.49. The number of aromatic nitrogens is 1. The number of nitrogens with zero attached hydrogens (tertiary/aromatic N) is 1. The van der Waals surface area contributed by atoms with Gasteiger partial charge in [0, 0.05) is 6.54 Å². The Hall–Kier alpha value is -0.930. The third kappa shape index (κ3) is 2.82. The van der Waals surface area contributed by atoms with Crippen molar-refractivity contribution in [2.75, 3.05) is 6.54 Å². The third-order valence-corrected chi connectivity index (χ3v) is 5.42. The highest BCUT2D eigenvalue weighted by atomic mass is 32.1. The highest BCUT2D eigenvalue weighted by Gasteiger charge is 2.41. The smallest absolute Gasteiger partial charge is 0.111 e. The summed E-state index contributed by atoms with van der Waals surface area (Å²) in [6, 6.07) is 8.77. The van der Waals surface area contributed by atoms with E-state index >= 15 is 0 Å². The molecule has 1 unspecified atom stereocenters. The van der Waals surface area contributed by atoms with Gasteiger partial charge in [-0.05, 0) is 43.7 Å². The summed E-state index contributed by atoms with van der Waals surface area (Å²) in [5.74, 6) is 0. The van der Waals surface area contributed by atoms with Crippen molar-refractivity contribution in [2.24, 2.45) is 5.41 Å². The molecule has 1 heterocycles. The van der Waals surface area contributed by atoms with E-state index in [1.54, 1.807) is 0 Å². The number of fused-ring (bicyclic) bond motifs is 1. The summed E-state index contributed by atoms with van der Waals surface area (Å²) >= 11 is 1.82. The van der Waals surface area contributed by atoms with Crippen molar-refractivity contribution in [2.45, 2.75) is 45.6 Å². The Labute approximate surface area is 119 Å². The molecule has 19 heavy (non-hydrogen) atoms. The standard InChI is InChI=1S/C16H22N2S/c1-3-8-16(9-10-16)11-17-12(2)15-18-13-6-4-5-7-14(13)19-15/h4-7,12,17H,3,8-11H2,1-2H3. The zero-order valence-electron chi connectivity index (χ0n) is 11.8. The van der Waals surface area contributed by atoms with Gasteiger partial charge in [0.15, 0.2) is 0 Å². The molecule has 1 atom stereocenters. The van der Waals surface area contributed by atoms with E-state index in [4.69, 9.17) is 4.98 Å². The molecule has 102 valence electrons. The van der Waals surface area contributed by atoms with Crippen molar-refractivity contribution in [3.63, 3.8) is 0 Å². The maximum atomic E-state index is 4.74. The second-order valence-corrected chi connectivity index (χ2v) is 6.93. The Bertz CT molecular complexity index is 524. The maximum Gasteiger partial charge on any atom is 0.111 e. The number of benzene rings is 1. The fraction of sp³-hybridized carbons (Fsp3) is 0.562. The first kappa shape index (κ1) is 13.1. The van der Waals surface area contributed by atoms with Crippen molar-refractivity contribution >= 4 is 21.6 Å². The summed E-state index contributed by atoms with van der Waals surface area (Å²) in [6.07, 6.45) is 5.48. The molecule has 0 radical (unpaired) electrons. The van der Waals surface area contributed by atoms with Gasteiger partial charge in [-0.25, -0.2) is 4.98 Å². The van der Waals surface area contributed by atoms with Crippen LogP contribution in [0.4, 0.5) is 0 Å². The lowest BCUT2D eigenvalue weighted by atomic mass is 10.0. The van der Waals surface area contributed by atoms with E-state index in [9.17, 15) is 0 Å². The van der Waals surface area contributed by atoms with Crippen LogP contribution in [0.1, 0.15) is 50.6 Å². The molecule has 2 aromatic rings. The number of nitrogens with one attached hydrogen (secondary N) is 1. The van der Waals surface area contributed by atoms with E-state index < -0.39 is 0 Å². The Morgan fingerprint density at radius 2 is 2.16 bits per heavy atom. The largest absolute Gasteiger partial charge is 0.308 e. The molecule has 0 saturated heterocycles. The Morgan fingerprint density at radius 1 is 1.37 bits per heavy atom. The van der Waals surface area contributed by atoms with Crippen LogP contribution in [-0.2, 0) is 0 Å². The molecule has 2 nitrogen and oxygen atoms in total. The van der Waals surface area contributed by atoms with Gasteiger partial charge >= 0.3 is 0 Å². The summed E-state index contributed by atoms with van der Waals surface area (Å²) in [5.41, 5.74) is 1.74. The zero-order valence-corrected chi connectivity index (χ0v) is 12.6. The Balaban J connectivity index is 1.65. The van der Waals surface area contributed by atoms with Crippen molar-refractivity contribution in [3.8, 4) is 0 Å². The first-order chi connectivity index (χ1) is 9.22. The molecule has 3 rings (SSSR count). The van der Waals surface area contributed by atoms with Gasteiger partial charge < -0.3 is 5.32 Å². The molecule has 1 aliphatic rings. The van der Waals surface area contributed by atoms with Gasteiger partial charge in [-0.2, -0.15) is 0 Å². The van der Waals surface area contributed by atoms with Crippen LogP contribution in [0.15, 0.2) is 24.3 Å². The topological polar surface area (TPSA) is 24.9 Å². The molecule has 1 N–H and O–H groups in total. The van der Waals surface area contributed by atoms with Crippen molar-refractivity contribution in [1.29, 1.82) is 0 Å². The van der Waals surface area contributed by atoms with Crippen LogP contribution in [0.5, 0.6) is 0 Å². The van der Waals surface area contributed by atoms with Gasteiger partial charge in [0.25, 0.3) is 0 Å². The monoisotopic (exact) mass is 274 g/mol. The second-order valence-electron chi connectivity index (χ2n) is 5.87. The number of hydrogen-bond donors (Lipinski definition) is 1. The zero-order chi connectivity index (χ0) is 13.3. The minimum absolute atomic E-state index is 0.367. The molecule has 0 spiro atoms. The summed E-state index contributed by atoms with van der Waals surface area (Å²) in [7, 11) is 0. The molecule has 0 bridgehead atoms. The fourth-order valence-corrected chi connectivity index (χ4v) is 3.75. The second kappa shape index (κ2) is 5.22. The van der Waals surface area contributed by atoms with Gasteiger partial charge in [0.2, 0.25) is 0 Å². The van der Waals surface area contributed by atoms with E-state index in [1.807, 2.05) is 11.3 Å². The lowest BCUT2D eigenvalue weighted by molar-refractivity contribution is 0.397. The molecule has 0 amide bonds. The molecule has 3 heteroatoms. The van der Waals surface area contributed by atoms with Gasteiger partial charge in [0.1, 0.15) is 5.01 Å². The fourth-order valence-electron chi connectivity index (χ4n) is 2.75. The number of hydrogen-bond acceptors (Lipinski definition) is 3. The van der Waals surface area contributed by atoms with Crippen molar-refractivity contribution in [1.82, 2.24) is 10.3 Å². The first-order valence-electron chi connectivity index (χ1n) is 7.31. The quantitative estimate of drug-likeness (QED) is 0.837. The Kier molecular flexibility index (Phi) is 3.59. The number of rotatable bonds is 6. The van der Waals surface area contributed by atoms with Gasteiger partial charge in [0.05, 0.1) is 16.3 Å². The van der Waals surface area contributed by atoms with Crippen molar-refractivity contribution in [3.05, 3.63) is 29.3 Å². The summed E-state index contributed by atoms with van der Waals surface area (Å²) in [4.78, 5) is 4.74. The van der Waals surface area contributed by atoms with E-state index in [1.165, 1.54) is 35.4 Å². The molecule has 1 saturated carbocycles. The average molecular weight is 274 g/mol. The van der Waals surface area contributed by atoms with Crippen LogP contribution in [0.2, 0.25) is 0 Å². The molecule has 1 aromatic heterocycles. The van der Waals surface area contributed by atoms with Gasteiger partial charge in [-0.15, -0.1) is 11.3 Å². The van der Waals surface area contributed by atoms with Gasteiger partial charge in [-0.1, -0.05) is 25.5 Å². The molecule has 1 aromatic carbocycles. The predicted molar refractivity (Wildman–Crippen MR) is 82.6 cm³/mol. The van der Waals surface area contributed by atoms with Crippen LogP contribution in [0.25, 0.3) is 10.2 Å². The third-order valence-electron chi connectivity index (χ3n) is 4.20. The molecular weight excluding hydrogens is 252 g/mol. The van der Waals surface area contributed by atoms with E-state index in [0.717, 1.165) is 12.1 Å². The predicted octanol–water partition coefficient (Wildman–Crippen LogP) is 4.53. The number of para-hydroxylation sites is 1. The summed E-state index contributed by atoms with van der Waals surface area (Å²) in [5, 5.41) is 4.91. The van der Waals surface area contributed by atoms with Crippen LogP contribution < -0.4 is 5.32 Å². The van der Waals surface area contributed by atoms with Gasteiger partial charge in [-0.3, -0.25) is 0 Å². The first-order valence-corrected chi connectivity index (χ1v) is 8.13. The van der Waals surface area contributed by atoms with Crippen LogP contribution >= 0.6 is 11.3 Å². The van der Waals surface area contributed by atoms with Crippen LogP contribution in [-0.4, -0.2) is 11.5 Å². The minimum atomic E-state index is 0.367. The lowest BCUT2D eigenvalue weighted by Gasteiger charge is -2.18. The maximum absolute atomic E-state index is 4.74. The van der Waals surface area contributed by atoms with E-state index in [0.29, 0.717) is 11.5 Å². The highest BCUT2D eigenvalue weighted by molar-refractivity contribution is 7.18. The summed E-state index contributed by atoms with van der Waals surface area (Å²) in [6.45, 7) is 5.68. The van der Waals surface area contributed by atoms with Crippen LogP contribution in [0.3, 0.4) is 0 Å². The normalized spacial score (nSPS) is 18.6. The lowest BCUT2D eigenvalue weighted by Crippen LogP contribution is -2.26. The molecule has 0 aliphatic heterocycles. The summed E-state index contributed by atoms with van der Waals surface area (Å²) < 4.78 is 1.29. The number of thiazole rings is 1. The Morgan fingerprint density at radius 3 is 2.84 bits per heavy atom. The molecule has 1 aliphatic carbocycles. The minimum Gasteiger partial charge on any atom is -0.308 e. The average Bonchev–Trinajstić information content (AvgIpc) is 3.04. The van der Waals surface area contributed by atoms with E-state index in [-0.39, 0.29) is 0 Å².